The summed E-state index contributed by atoms with van der Waals surface area (Å²) >= 11 is 2.46. The van der Waals surface area contributed by atoms with Gasteiger partial charge in [0.1, 0.15) is 23.2 Å². The van der Waals surface area contributed by atoms with Crippen molar-refractivity contribution in [3.8, 4) is 0 Å². The summed E-state index contributed by atoms with van der Waals surface area (Å²) in [6.07, 6.45) is 8.30. The van der Waals surface area contributed by atoms with Crippen molar-refractivity contribution in [2.24, 2.45) is 0 Å². The monoisotopic (exact) mass is 471 g/mol. The molecule has 0 saturated heterocycles. The molecular weight excluding hydrogens is 446 g/mol. The highest BCUT2D eigenvalue weighted by molar-refractivity contribution is 14.1. The summed E-state index contributed by atoms with van der Waals surface area (Å²) in [5.41, 5.74) is 0. The number of unbranched alkanes of at least 4 members (excludes halogenated alkanes) is 1. The van der Waals surface area contributed by atoms with Gasteiger partial charge in [-0.3, -0.25) is 0 Å². The average Bonchev–Trinajstić information content (AvgIpc) is 2.73. The molecule has 0 aliphatic carbocycles. The maximum atomic E-state index is 2.46. The second kappa shape index (κ2) is 10.0. The van der Waals surface area contributed by atoms with Crippen LogP contribution in [-0.2, 0) is 0 Å². The summed E-state index contributed by atoms with van der Waals surface area (Å²) in [6.45, 7) is 0. The highest BCUT2D eigenvalue weighted by atomic mass is 127. The number of rotatable bonds is 8. The van der Waals surface area contributed by atoms with Gasteiger partial charge in [-0.05, 0) is 53.7 Å². The van der Waals surface area contributed by atoms with Gasteiger partial charge in [0.2, 0.25) is 0 Å². The van der Waals surface area contributed by atoms with Crippen molar-refractivity contribution in [1.29, 1.82) is 0 Å². The van der Waals surface area contributed by atoms with E-state index in [1.54, 1.807) is 0 Å². The molecule has 0 N–H and O–H groups in total. The zero-order valence-corrected chi connectivity index (χ0v) is 18.0. The summed E-state index contributed by atoms with van der Waals surface area (Å²) in [4.78, 5) is 0. The van der Waals surface area contributed by atoms with Gasteiger partial charge in [0.05, 0.1) is 6.16 Å². The SMILES string of the molecule is ICCCC=CC[P+](c1ccccc1)(c1ccccc1)c1ccccc1. The molecule has 26 heavy (non-hydrogen) atoms. The molecule has 0 amide bonds. The van der Waals surface area contributed by atoms with E-state index in [0.29, 0.717) is 0 Å². The Balaban J connectivity index is 2.13. The van der Waals surface area contributed by atoms with Crippen LogP contribution >= 0.6 is 29.9 Å². The molecule has 0 atom stereocenters. The van der Waals surface area contributed by atoms with E-state index in [0.717, 1.165) is 6.16 Å². The average molecular weight is 471 g/mol. The van der Waals surface area contributed by atoms with E-state index in [-0.39, 0.29) is 0 Å². The molecule has 0 unspecified atom stereocenters. The topological polar surface area (TPSA) is 0 Å². The molecule has 0 bridgehead atoms. The molecule has 3 rings (SSSR count). The van der Waals surface area contributed by atoms with Crippen LogP contribution in [0.15, 0.2) is 103 Å². The lowest BCUT2D eigenvalue weighted by molar-refractivity contribution is 0.985. The Morgan fingerprint density at radius 3 is 1.42 bits per heavy atom. The van der Waals surface area contributed by atoms with Crippen LogP contribution in [0.2, 0.25) is 0 Å². The third-order valence-corrected chi connectivity index (χ3v) is 9.70. The smallest absolute Gasteiger partial charge is 0.0864 e. The van der Waals surface area contributed by atoms with Crippen LogP contribution in [-0.4, -0.2) is 10.6 Å². The van der Waals surface area contributed by atoms with Gasteiger partial charge in [0.25, 0.3) is 0 Å². The summed E-state index contributed by atoms with van der Waals surface area (Å²) in [5.74, 6) is 0. The van der Waals surface area contributed by atoms with Crippen molar-refractivity contribution < 1.29 is 0 Å². The Morgan fingerprint density at radius 2 is 1.04 bits per heavy atom. The molecule has 0 nitrogen and oxygen atoms in total. The zero-order valence-electron chi connectivity index (χ0n) is 15.0. The third-order valence-electron chi connectivity index (χ3n) is 4.64. The summed E-state index contributed by atoms with van der Waals surface area (Å²) in [7, 11) is -1.69. The first-order valence-corrected chi connectivity index (χ1v) is 12.6. The summed E-state index contributed by atoms with van der Waals surface area (Å²) in [5, 5.41) is 4.36. The quantitative estimate of drug-likeness (QED) is 0.129. The fourth-order valence-corrected chi connectivity index (χ4v) is 7.83. The van der Waals surface area contributed by atoms with Crippen molar-refractivity contribution in [3.05, 3.63) is 103 Å². The minimum atomic E-state index is -1.69. The van der Waals surface area contributed by atoms with Gasteiger partial charge in [-0.1, -0.05) is 89.3 Å². The largest absolute Gasteiger partial charge is 0.115 e. The Kier molecular flexibility index (Phi) is 7.46. The first kappa shape index (κ1) is 19.3. The third kappa shape index (κ3) is 4.45. The van der Waals surface area contributed by atoms with Gasteiger partial charge >= 0.3 is 0 Å². The lowest BCUT2D eigenvalue weighted by Crippen LogP contribution is -2.32. The molecule has 0 fully saturated rings. The fraction of sp³-hybridized carbons (Fsp3) is 0.167. The van der Waals surface area contributed by atoms with E-state index in [1.165, 1.54) is 33.2 Å². The van der Waals surface area contributed by atoms with E-state index in [1.807, 2.05) is 0 Å². The van der Waals surface area contributed by atoms with Gasteiger partial charge in [-0.25, -0.2) is 0 Å². The molecular formula is C24H25IP+. The highest BCUT2D eigenvalue weighted by Crippen LogP contribution is 2.55. The Bertz CT molecular complexity index is 701. The van der Waals surface area contributed by atoms with Crippen molar-refractivity contribution in [2.45, 2.75) is 12.8 Å². The second-order valence-corrected chi connectivity index (χ2v) is 10.9. The molecule has 132 valence electrons. The highest BCUT2D eigenvalue weighted by Gasteiger charge is 2.43. The van der Waals surface area contributed by atoms with Crippen LogP contribution in [0.25, 0.3) is 0 Å². The molecule has 0 aliphatic rings. The normalized spacial score (nSPS) is 11.7. The van der Waals surface area contributed by atoms with Crippen molar-refractivity contribution in [3.63, 3.8) is 0 Å². The summed E-state index contributed by atoms with van der Waals surface area (Å²) < 4.78 is 1.22. The molecule has 0 aliphatic heterocycles. The number of allylic oxidation sites excluding steroid dienone is 2. The lowest BCUT2D eigenvalue weighted by atomic mass is 10.3. The fourth-order valence-electron chi connectivity index (χ4n) is 3.36. The first-order chi connectivity index (χ1) is 12.9. The van der Waals surface area contributed by atoms with Crippen molar-refractivity contribution in [2.75, 3.05) is 10.6 Å². The minimum absolute atomic E-state index is 1.08. The van der Waals surface area contributed by atoms with Gasteiger partial charge in [-0.15, -0.1) is 0 Å². The van der Waals surface area contributed by atoms with Crippen LogP contribution in [0.1, 0.15) is 12.8 Å². The summed E-state index contributed by atoms with van der Waals surface area (Å²) in [6, 6.07) is 33.3. The van der Waals surface area contributed by atoms with Crippen LogP contribution in [0.5, 0.6) is 0 Å². The first-order valence-electron chi connectivity index (χ1n) is 9.14. The van der Waals surface area contributed by atoms with Gasteiger partial charge in [-0.2, -0.15) is 0 Å². The number of hydrogen-bond donors (Lipinski definition) is 0. The Hall–Kier alpha value is -1.44. The minimum Gasteiger partial charge on any atom is -0.0864 e. The molecule has 0 aromatic heterocycles. The molecule has 0 spiro atoms. The van der Waals surface area contributed by atoms with Gasteiger partial charge in [0.15, 0.2) is 0 Å². The Labute approximate surface area is 171 Å². The Morgan fingerprint density at radius 1 is 0.615 bits per heavy atom. The standard InChI is InChI=1S/C24H25IP/c25-20-12-1-2-13-21-26(22-14-6-3-7-15-22,23-16-8-4-9-17-23)24-18-10-5-11-19-24/h2-11,13-19H,1,12,20-21H2/q+1. The van der Waals surface area contributed by atoms with E-state index in [9.17, 15) is 0 Å². The number of halogens is 1. The molecule has 0 heterocycles. The number of alkyl halides is 1. The zero-order chi connectivity index (χ0) is 18.1. The molecule has 2 heteroatoms. The predicted octanol–water partition coefficient (Wildman–Crippen LogP) is 5.75. The van der Waals surface area contributed by atoms with E-state index < -0.39 is 7.26 Å². The van der Waals surface area contributed by atoms with Crippen LogP contribution < -0.4 is 15.9 Å². The van der Waals surface area contributed by atoms with E-state index in [4.69, 9.17) is 0 Å². The van der Waals surface area contributed by atoms with Crippen LogP contribution in [0.3, 0.4) is 0 Å². The lowest BCUT2D eigenvalue weighted by Gasteiger charge is -2.26. The second-order valence-electron chi connectivity index (χ2n) is 6.30. The maximum absolute atomic E-state index is 2.46. The van der Waals surface area contributed by atoms with Gasteiger partial charge in [0, 0.05) is 0 Å². The predicted molar refractivity (Wildman–Crippen MR) is 127 cm³/mol. The maximum Gasteiger partial charge on any atom is 0.115 e. The number of hydrogen-bond acceptors (Lipinski definition) is 0. The molecule has 0 radical (unpaired) electrons. The van der Waals surface area contributed by atoms with Crippen LogP contribution in [0, 0.1) is 0 Å². The van der Waals surface area contributed by atoms with E-state index in [2.05, 4.69) is 126 Å². The molecule has 0 saturated carbocycles. The van der Waals surface area contributed by atoms with E-state index >= 15 is 0 Å². The van der Waals surface area contributed by atoms with Crippen molar-refractivity contribution in [1.82, 2.24) is 0 Å². The van der Waals surface area contributed by atoms with Crippen molar-refractivity contribution >= 4 is 45.8 Å². The number of benzene rings is 3. The van der Waals surface area contributed by atoms with Crippen LogP contribution in [0.4, 0.5) is 0 Å². The molecule has 3 aromatic carbocycles. The molecule has 3 aromatic rings. The van der Waals surface area contributed by atoms with Gasteiger partial charge < -0.3 is 0 Å².